The molecule has 0 atom stereocenters. The molecule has 9 heteroatoms. The Balaban J connectivity index is 1.47. The SMILES string of the molecule is COc1ccc(OC)c(CC(=O)N2CCc3c(cnc(C)c3CNC(=O)c3cnccn3)C2)c1. The van der Waals surface area contributed by atoms with Crippen molar-refractivity contribution in [2.24, 2.45) is 0 Å². The molecule has 0 saturated carbocycles. The number of nitrogens with one attached hydrogen (secondary N) is 1. The first-order valence-electron chi connectivity index (χ1n) is 11.0. The molecule has 176 valence electrons. The monoisotopic (exact) mass is 461 g/mol. The summed E-state index contributed by atoms with van der Waals surface area (Å²) in [6, 6.07) is 5.45. The zero-order valence-electron chi connectivity index (χ0n) is 19.5. The third kappa shape index (κ3) is 4.98. The van der Waals surface area contributed by atoms with Gasteiger partial charge in [-0.25, -0.2) is 4.98 Å². The second-order valence-electron chi connectivity index (χ2n) is 8.02. The maximum Gasteiger partial charge on any atom is 0.271 e. The third-order valence-corrected chi connectivity index (χ3v) is 6.00. The van der Waals surface area contributed by atoms with Crippen molar-refractivity contribution in [1.82, 2.24) is 25.2 Å². The summed E-state index contributed by atoms with van der Waals surface area (Å²) in [6.07, 6.45) is 7.17. The Morgan fingerprint density at radius 3 is 2.71 bits per heavy atom. The van der Waals surface area contributed by atoms with Crippen LogP contribution in [0.3, 0.4) is 0 Å². The number of hydrogen-bond acceptors (Lipinski definition) is 7. The van der Waals surface area contributed by atoms with Gasteiger partial charge in [-0.05, 0) is 48.2 Å². The Hall–Kier alpha value is -4.01. The second kappa shape index (κ2) is 10.3. The van der Waals surface area contributed by atoms with E-state index in [-0.39, 0.29) is 23.9 Å². The van der Waals surface area contributed by atoms with E-state index in [2.05, 4.69) is 20.3 Å². The van der Waals surface area contributed by atoms with Crippen LogP contribution in [0.4, 0.5) is 0 Å². The smallest absolute Gasteiger partial charge is 0.271 e. The van der Waals surface area contributed by atoms with E-state index in [1.54, 1.807) is 20.3 Å². The number of nitrogens with zero attached hydrogens (tertiary/aromatic N) is 4. The molecule has 0 aliphatic carbocycles. The topological polar surface area (TPSA) is 107 Å². The number of benzene rings is 1. The average molecular weight is 462 g/mol. The van der Waals surface area contributed by atoms with Crippen molar-refractivity contribution in [3.8, 4) is 11.5 Å². The standard InChI is InChI=1S/C25H27N5O4/c1-16-21(13-29-25(32)22-14-26-7-8-27-22)20-6-9-30(15-18(20)12-28-16)24(31)11-17-10-19(33-2)4-5-23(17)34-3/h4-5,7-8,10,12,14H,6,9,11,13,15H2,1-3H3,(H,29,32). The summed E-state index contributed by atoms with van der Waals surface area (Å²) in [7, 11) is 3.18. The normalized spacial score (nSPS) is 12.6. The number of amides is 2. The lowest BCUT2D eigenvalue weighted by Gasteiger charge is -2.31. The first kappa shape index (κ1) is 23.2. The first-order chi connectivity index (χ1) is 16.5. The van der Waals surface area contributed by atoms with Gasteiger partial charge in [0.1, 0.15) is 17.2 Å². The number of aryl methyl sites for hydroxylation is 1. The number of hydrogen-bond donors (Lipinski definition) is 1. The first-order valence-corrected chi connectivity index (χ1v) is 11.0. The van der Waals surface area contributed by atoms with Gasteiger partial charge in [-0.15, -0.1) is 0 Å². The maximum absolute atomic E-state index is 13.1. The molecule has 1 aliphatic rings. The van der Waals surface area contributed by atoms with Gasteiger partial charge in [-0.2, -0.15) is 0 Å². The molecule has 2 aromatic heterocycles. The predicted molar refractivity (Wildman–Crippen MR) is 125 cm³/mol. The van der Waals surface area contributed by atoms with E-state index in [1.165, 1.54) is 18.6 Å². The van der Waals surface area contributed by atoms with E-state index < -0.39 is 0 Å². The van der Waals surface area contributed by atoms with Crippen LogP contribution in [0.25, 0.3) is 0 Å². The summed E-state index contributed by atoms with van der Waals surface area (Å²) in [4.78, 5) is 39.8. The molecule has 1 aromatic carbocycles. The number of carbonyl (C=O) groups is 2. The predicted octanol–water partition coefficient (Wildman–Crippen LogP) is 2.25. The Morgan fingerprint density at radius 2 is 1.97 bits per heavy atom. The van der Waals surface area contributed by atoms with E-state index in [9.17, 15) is 9.59 Å². The van der Waals surface area contributed by atoms with Crippen molar-refractivity contribution in [3.63, 3.8) is 0 Å². The number of ether oxygens (including phenoxy) is 2. The fourth-order valence-electron chi connectivity index (χ4n) is 4.14. The van der Waals surface area contributed by atoms with Crippen LogP contribution >= 0.6 is 0 Å². The lowest BCUT2D eigenvalue weighted by molar-refractivity contribution is -0.131. The zero-order valence-corrected chi connectivity index (χ0v) is 19.5. The molecule has 34 heavy (non-hydrogen) atoms. The average Bonchev–Trinajstić information content (AvgIpc) is 2.88. The van der Waals surface area contributed by atoms with Gasteiger partial charge in [0, 0.05) is 49.5 Å². The molecular formula is C25H27N5O4. The maximum atomic E-state index is 13.1. The molecule has 1 N–H and O–H groups in total. The van der Waals surface area contributed by atoms with Gasteiger partial charge in [-0.3, -0.25) is 19.6 Å². The van der Waals surface area contributed by atoms with Crippen molar-refractivity contribution in [2.75, 3.05) is 20.8 Å². The molecule has 2 amide bonds. The second-order valence-corrected chi connectivity index (χ2v) is 8.02. The van der Waals surface area contributed by atoms with E-state index in [1.807, 2.05) is 30.2 Å². The van der Waals surface area contributed by atoms with Gasteiger partial charge < -0.3 is 19.7 Å². The Kier molecular flexibility index (Phi) is 7.01. The highest BCUT2D eigenvalue weighted by molar-refractivity contribution is 5.91. The van der Waals surface area contributed by atoms with Crippen LogP contribution in [-0.2, 0) is 30.7 Å². The molecule has 3 aromatic rings. The minimum absolute atomic E-state index is 0.00952. The molecule has 0 unspecified atom stereocenters. The number of carbonyl (C=O) groups excluding carboxylic acids is 2. The number of rotatable bonds is 7. The van der Waals surface area contributed by atoms with Crippen LogP contribution in [0.1, 0.15) is 38.4 Å². The lowest BCUT2D eigenvalue weighted by Crippen LogP contribution is -2.38. The minimum atomic E-state index is -0.287. The molecule has 9 nitrogen and oxygen atoms in total. The molecule has 0 spiro atoms. The van der Waals surface area contributed by atoms with E-state index in [0.717, 1.165) is 27.9 Å². The fraction of sp³-hybridized carbons (Fsp3) is 0.320. The summed E-state index contributed by atoms with van der Waals surface area (Å²) < 4.78 is 10.7. The Bertz CT molecular complexity index is 1200. The van der Waals surface area contributed by atoms with Crippen LogP contribution in [0.15, 0.2) is 43.0 Å². The van der Waals surface area contributed by atoms with Gasteiger partial charge in [0.2, 0.25) is 5.91 Å². The minimum Gasteiger partial charge on any atom is -0.497 e. The quantitative estimate of drug-likeness (QED) is 0.575. The van der Waals surface area contributed by atoms with E-state index >= 15 is 0 Å². The highest BCUT2D eigenvalue weighted by atomic mass is 16.5. The molecule has 0 saturated heterocycles. The van der Waals surface area contributed by atoms with Gasteiger partial charge >= 0.3 is 0 Å². The molecule has 4 rings (SSSR count). The number of aromatic nitrogens is 3. The number of fused-ring (bicyclic) bond motifs is 1. The van der Waals surface area contributed by atoms with Crippen LogP contribution < -0.4 is 14.8 Å². The van der Waals surface area contributed by atoms with Crippen molar-refractivity contribution in [2.45, 2.75) is 32.9 Å². The van der Waals surface area contributed by atoms with Crippen molar-refractivity contribution >= 4 is 11.8 Å². The molecular weight excluding hydrogens is 434 g/mol. The largest absolute Gasteiger partial charge is 0.497 e. The van der Waals surface area contributed by atoms with Gasteiger partial charge in [-0.1, -0.05) is 0 Å². The van der Waals surface area contributed by atoms with E-state index in [0.29, 0.717) is 37.6 Å². The third-order valence-electron chi connectivity index (χ3n) is 6.00. The van der Waals surface area contributed by atoms with Crippen LogP contribution in [0.5, 0.6) is 11.5 Å². The highest BCUT2D eigenvalue weighted by Crippen LogP contribution is 2.27. The van der Waals surface area contributed by atoms with Crippen molar-refractivity contribution < 1.29 is 19.1 Å². The summed E-state index contributed by atoms with van der Waals surface area (Å²) in [5, 5.41) is 2.91. The summed E-state index contributed by atoms with van der Waals surface area (Å²) >= 11 is 0. The summed E-state index contributed by atoms with van der Waals surface area (Å²) in [5.74, 6) is 1.06. The van der Waals surface area contributed by atoms with Gasteiger partial charge in [0.15, 0.2) is 0 Å². The lowest BCUT2D eigenvalue weighted by atomic mass is 9.94. The Morgan fingerprint density at radius 1 is 1.12 bits per heavy atom. The molecule has 0 bridgehead atoms. The van der Waals surface area contributed by atoms with Crippen LogP contribution in [0, 0.1) is 6.92 Å². The molecule has 0 radical (unpaired) electrons. The van der Waals surface area contributed by atoms with Crippen LogP contribution in [0.2, 0.25) is 0 Å². The summed E-state index contributed by atoms with van der Waals surface area (Å²) in [5.41, 5.74) is 5.02. The van der Waals surface area contributed by atoms with E-state index in [4.69, 9.17) is 9.47 Å². The summed E-state index contributed by atoms with van der Waals surface area (Å²) in [6.45, 7) is 3.33. The molecule has 3 heterocycles. The number of pyridine rings is 1. The molecule has 0 fully saturated rings. The van der Waals surface area contributed by atoms with Crippen molar-refractivity contribution in [3.05, 3.63) is 76.6 Å². The highest BCUT2D eigenvalue weighted by Gasteiger charge is 2.25. The zero-order chi connectivity index (χ0) is 24.1. The number of methoxy groups -OCH3 is 2. The fourth-order valence-corrected chi connectivity index (χ4v) is 4.14. The van der Waals surface area contributed by atoms with Crippen LogP contribution in [-0.4, -0.2) is 52.4 Å². The van der Waals surface area contributed by atoms with Crippen molar-refractivity contribution in [1.29, 1.82) is 0 Å². The Labute approximate surface area is 198 Å². The van der Waals surface area contributed by atoms with Gasteiger partial charge in [0.05, 0.1) is 26.8 Å². The molecule has 1 aliphatic heterocycles. The van der Waals surface area contributed by atoms with Gasteiger partial charge in [0.25, 0.3) is 5.91 Å².